The molecule has 4 rings (SSSR count). The molecule has 1 aliphatic carbocycles. The lowest BCUT2D eigenvalue weighted by molar-refractivity contribution is -0.147. The first kappa shape index (κ1) is 19.2. The van der Waals surface area contributed by atoms with Crippen molar-refractivity contribution in [3.63, 3.8) is 0 Å². The zero-order valence-electron chi connectivity index (χ0n) is 14.8. The van der Waals surface area contributed by atoms with Crippen molar-refractivity contribution in [3.8, 4) is 0 Å². The summed E-state index contributed by atoms with van der Waals surface area (Å²) >= 11 is 12.0. The van der Waals surface area contributed by atoms with Crippen molar-refractivity contribution in [3.05, 3.63) is 73.6 Å². The van der Waals surface area contributed by atoms with Crippen LogP contribution in [0.4, 0.5) is 5.69 Å². The molecule has 0 radical (unpaired) electrons. The average Bonchev–Trinajstić information content (AvgIpc) is 3.07. The fourth-order valence-corrected chi connectivity index (χ4v) is 3.60. The number of hydrogen-bond donors (Lipinski definition) is 2. The summed E-state index contributed by atoms with van der Waals surface area (Å²) in [6.07, 6.45) is 3.07. The number of carbonyl (C=O) groups is 2. The summed E-state index contributed by atoms with van der Waals surface area (Å²) in [4.78, 5) is 35.0. The van der Waals surface area contributed by atoms with Crippen molar-refractivity contribution in [1.29, 1.82) is 0 Å². The molecule has 3 aromatic rings. The summed E-state index contributed by atoms with van der Waals surface area (Å²) in [5.41, 5.74) is 2.60. The Bertz CT molecular complexity index is 1280. The van der Waals surface area contributed by atoms with Crippen LogP contribution in [0.1, 0.15) is 23.3 Å². The number of aliphatic carboxylic acids is 1. The van der Waals surface area contributed by atoms with Gasteiger partial charge in [-0.05, 0) is 54.3 Å². The molecule has 0 aliphatic heterocycles. The molecule has 29 heavy (non-hydrogen) atoms. The monoisotopic (exact) mass is 429 g/mol. The molecule has 0 spiro atoms. The molecule has 1 aliphatic rings. The molecule has 1 heterocycles. The van der Waals surface area contributed by atoms with E-state index in [-0.39, 0.29) is 16.7 Å². The first-order chi connectivity index (χ1) is 13.8. The van der Waals surface area contributed by atoms with Crippen LogP contribution in [0.15, 0.2) is 45.6 Å². The van der Waals surface area contributed by atoms with E-state index in [1.807, 2.05) is 12.1 Å². The fraction of sp³-hybridized carbons (Fsp3) is 0.0952. The van der Waals surface area contributed by atoms with E-state index in [1.54, 1.807) is 12.1 Å². The van der Waals surface area contributed by atoms with E-state index in [0.717, 1.165) is 11.1 Å². The second-order valence-corrected chi connectivity index (χ2v) is 7.37. The molecule has 0 saturated carbocycles. The standard InChI is InChI=1S/C21H13Cl2NO5/c22-15-6-1-10(8-16(15)23)7-11-2-4-14-18(25)13-5-3-12(24-20(26)21(27)28)9-17(13)29-19(11)14/h1,3,5-9H,2,4H2,(H,24,26)(H,27,28). The molecule has 8 heteroatoms. The highest BCUT2D eigenvalue weighted by molar-refractivity contribution is 6.42. The van der Waals surface area contributed by atoms with Gasteiger partial charge in [0.05, 0.1) is 15.4 Å². The third-order valence-electron chi connectivity index (χ3n) is 4.66. The molecular weight excluding hydrogens is 417 g/mol. The number of amides is 1. The number of carbonyl (C=O) groups excluding carboxylic acids is 1. The van der Waals surface area contributed by atoms with E-state index in [2.05, 4.69) is 5.32 Å². The average molecular weight is 430 g/mol. The van der Waals surface area contributed by atoms with Crippen molar-refractivity contribution in [1.82, 2.24) is 0 Å². The number of fused-ring (bicyclic) bond motifs is 2. The number of nitrogens with one attached hydrogen (secondary N) is 1. The van der Waals surface area contributed by atoms with Gasteiger partial charge in [0.15, 0.2) is 5.43 Å². The van der Waals surface area contributed by atoms with Gasteiger partial charge < -0.3 is 14.8 Å². The summed E-state index contributed by atoms with van der Waals surface area (Å²) in [5.74, 6) is -2.30. The minimum atomic E-state index is -1.60. The van der Waals surface area contributed by atoms with E-state index in [0.29, 0.717) is 39.6 Å². The minimum absolute atomic E-state index is 0.144. The number of halogens is 2. The predicted molar refractivity (Wildman–Crippen MR) is 111 cm³/mol. The number of carboxylic acid groups (broad SMARTS) is 1. The number of hydrogen-bond acceptors (Lipinski definition) is 4. The zero-order chi connectivity index (χ0) is 20.7. The van der Waals surface area contributed by atoms with Crippen molar-refractivity contribution < 1.29 is 19.1 Å². The van der Waals surface area contributed by atoms with Gasteiger partial charge in [-0.15, -0.1) is 0 Å². The van der Waals surface area contributed by atoms with Crippen molar-refractivity contribution in [2.45, 2.75) is 12.8 Å². The van der Waals surface area contributed by atoms with Crippen LogP contribution in [-0.4, -0.2) is 17.0 Å². The zero-order valence-corrected chi connectivity index (χ0v) is 16.3. The first-order valence-electron chi connectivity index (χ1n) is 8.63. The molecular formula is C21H13Cl2NO5. The Labute approximate surface area is 174 Å². The predicted octanol–water partition coefficient (Wildman–Crippen LogP) is 4.61. The van der Waals surface area contributed by atoms with E-state index < -0.39 is 11.9 Å². The summed E-state index contributed by atoms with van der Waals surface area (Å²) in [5, 5.41) is 12.2. The minimum Gasteiger partial charge on any atom is -0.474 e. The highest BCUT2D eigenvalue weighted by atomic mass is 35.5. The molecule has 0 saturated heterocycles. The van der Waals surface area contributed by atoms with Gasteiger partial charge in [-0.1, -0.05) is 29.3 Å². The quantitative estimate of drug-likeness (QED) is 0.579. The third kappa shape index (κ3) is 3.64. The maximum Gasteiger partial charge on any atom is 0.394 e. The van der Waals surface area contributed by atoms with Gasteiger partial charge in [0, 0.05) is 17.3 Å². The fourth-order valence-electron chi connectivity index (χ4n) is 3.29. The molecule has 1 aromatic heterocycles. The van der Waals surface area contributed by atoms with Crippen molar-refractivity contribution >= 4 is 63.4 Å². The number of benzene rings is 2. The van der Waals surface area contributed by atoms with Crippen LogP contribution in [0.3, 0.4) is 0 Å². The van der Waals surface area contributed by atoms with Gasteiger partial charge in [-0.2, -0.15) is 0 Å². The summed E-state index contributed by atoms with van der Waals surface area (Å²) in [7, 11) is 0. The number of rotatable bonds is 2. The van der Waals surface area contributed by atoms with Crippen LogP contribution in [0.5, 0.6) is 0 Å². The topological polar surface area (TPSA) is 96.6 Å². The molecule has 0 fully saturated rings. The smallest absolute Gasteiger partial charge is 0.394 e. The van der Waals surface area contributed by atoms with Crippen molar-refractivity contribution in [2.75, 3.05) is 5.32 Å². The van der Waals surface area contributed by atoms with E-state index in [9.17, 15) is 14.4 Å². The molecule has 0 bridgehead atoms. The van der Waals surface area contributed by atoms with Crippen LogP contribution < -0.4 is 10.7 Å². The van der Waals surface area contributed by atoms with Gasteiger partial charge in [-0.3, -0.25) is 9.59 Å². The summed E-state index contributed by atoms with van der Waals surface area (Å²) < 4.78 is 5.98. The van der Waals surface area contributed by atoms with Gasteiger partial charge in [0.2, 0.25) is 0 Å². The van der Waals surface area contributed by atoms with Crippen LogP contribution in [0, 0.1) is 0 Å². The molecule has 6 nitrogen and oxygen atoms in total. The summed E-state index contributed by atoms with van der Waals surface area (Å²) in [6.45, 7) is 0. The maximum atomic E-state index is 12.9. The van der Waals surface area contributed by atoms with Crippen LogP contribution in [-0.2, 0) is 16.0 Å². The van der Waals surface area contributed by atoms with Crippen molar-refractivity contribution in [2.24, 2.45) is 0 Å². The Balaban J connectivity index is 1.79. The normalized spacial score (nSPS) is 14.2. The summed E-state index contributed by atoms with van der Waals surface area (Å²) in [6, 6.07) is 9.66. The Hall–Kier alpha value is -3.09. The highest BCUT2D eigenvalue weighted by Gasteiger charge is 2.24. The largest absolute Gasteiger partial charge is 0.474 e. The van der Waals surface area contributed by atoms with Gasteiger partial charge in [0.25, 0.3) is 0 Å². The second-order valence-electron chi connectivity index (χ2n) is 6.55. The molecule has 146 valence electrons. The van der Waals surface area contributed by atoms with Crippen LogP contribution in [0.2, 0.25) is 10.0 Å². The lowest BCUT2D eigenvalue weighted by Crippen LogP contribution is -2.21. The molecule has 1 amide bonds. The van der Waals surface area contributed by atoms with E-state index >= 15 is 0 Å². The first-order valence-corrected chi connectivity index (χ1v) is 9.39. The highest BCUT2D eigenvalue weighted by Crippen LogP contribution is 2.35. The lowest BCUT2D eigenvalue weighted by atomic mass is 10.1. The van der Waals surface area contributed by atoms with E-state index in [1.165, 1.54) is 18.2 Å². The Morgan fingerprint density at radius 3 is 2.59 bits per heavy atom. The van der Waals surface area contributed by atoms with E-state index in [4.69, 9.17) is 32.7 Å². The Morgan fingerprint density at radius 1 is 1.07 bits per heavy atom. The molecule has 2 aromatic carbocycles. The third-order valence-corrected chi connectivity index (χ3v) is 5.40. The van der Waals surface area contributed by atoms with Crippen LogP contribution in [0.25, 0.3) is 22.6 Å². The second kappa shape index (κ2) is 7.39. The van der Waals surface area contributed by atoms with Crippen LogP contribution >= 0.6 is 23.2 Å². The van der Waals surface area contributed by atoms with Gasteiger partial charge in [0.1, 0.15) is 11.3 Å². The number of allylic oxidation sites excluding steroid dienone is 1. The van der Waals surface area contributed by atoms with Gasteiger partial charge >= 0.3 is 11.9 Å². The lowest BCUT2D eigenvalue weighted by Gasteiger charge is -2.07. The Kier molecular flexibility index (Phi) is 4.90. The molecule has 0 atom stereocenters. The molecule has 2 N–H and O–H groups in total. The number of anilines is 1. The van der Waals surface area contributed by atoms with Gasteiger partial charge in [-0.25, -0.2) is 4.79 Å². The Morgan fingerprint density at radius 2 is 1.86 bits per heavy atom. The maximum absolute atomic E-state index is 12.9. The molecule has 0 unspecified atom stereocenters. The SMILES string of the molecule is O=C(O)C(=O)Nc1ccc2c(=O)c3c(oc2c1)C(=Cc1ccc(Cl)c(Cl)c1)CC3. The number of carboxylic acids is 1.